The normalized spacial score (nSPS) is 21.2. The number of carbonyl (C=O) groups excluding carboxylic acids is 1. The fourth-order valence-electron chi connectivity index (χ4n) is 3.87. The maximum absolute atomic E-state index is 13.5. The molecule has 0 aliphatic carbocycles. The molecular weight excluding hydrogens is 400 g/mol. The number of aryl methyl sites for hydroxylation is 1. The molecule has 0 aromatic heterocycles. The van der Waals surface area contributed by atoms with Gasteiger partial charge in [0.15, 0.2) is 0 Å². The van der Waals surface area contributed by atoms with Crippen molar-refractivity contribution in [1.29, 1.82) is 0 Å². The van der Waals surface area contributed by atoms with E-state index in [0.29, 0.717) is 22.0 Å². The molecule has 2 heterocycles. The van der Waals surface area contributed by atoms with Crippen molar-refractivity contribution < 1.29 is 21.6 Å². The first kappa shape index (κ1) is 18.9. The standard InChI is InChI=1S/C19H20N2O5S2/c1-13-7-8-16(21-19(22)9-10-27(21,23)24)12-18(13)28(25,26)20-14(2)11-15-5-3-4-6-17(15)20/h3-8,12,14H,9-11H2,1-2H3/t14-/m0/s1. The van der Waals surface area contributed by atoms with Gasteiger partial charge in [0.1, 0.15) is 0 Å². The van der Waals surface area contributed by atoms with Crippen LogP contribution in [0.3, 0.4) is 0 Å². The highest BCUT2D eigenvalue weighted by Gasteiger charge is 2.39. The fourth-order valence-corrected chi connectivity index (χ4v) is 7.26. The molecule has 2 aromatic rings. The summed E-state index contributed by atoms with van der Waals surface area (Å²) in [5.74, 6) is -0.815. The molecule has 1 atom stereocenters. The van der Waals surface area contributed by atoms with Gasteiger partial charge in [-0.05, 0) is 49.6 Å². The average molecular weight is 421 g/mol. The largest absolute Gasteiger partial charge is 0.273 e. The summed E-state index contributed by atoms with van der Waals surface area (Å²) in [4.78, 5) is 12.1. The van der Waals surface area contributed by atoms with Gasteiger partial charge in [-0.25, -0.2) is 21.1 Å². The number of benzene rings is 2. The van der Waals surface area contributed by atoms with Crippen molar-refractivity contribution in [3.05, 3.63) is 53.6 Å². The second-order valence-corrected chi connectivity index (χ2v) is 10.9. The van der Waals surface area contributed by atoms with Crippen molar-refractivity contribution in [1.82, 2.24) is 0 Å². The van der Waals surface area contributed by atoms with Crippen LogP contribution in [-0.4, -0.2) is 34.5 Å². The van der Waals surface area contributed by atoms with Crippen LogP contribution in [-0.2, 0) is 31.3 Å². The number of hydrogen-bond acceptors (Lipinski definition) is 5. The lowest BCUT2D eigenvalue weighted by molar-refractivity contribution is -0.116. The molecule has 0 bridgehead atoms. The Balaban J connectivity index is 1.85. The minimum absolute atomic E-state index is 0.00320. The minimum atomic E-state index is -3.94. The van der Waals surface area contributed by atoms with Gasteiger partial charge >= 0.3 is 0 Å². The average Bonchev–Trinajstić information content (AvgIpc) is 3.10. The summed E-state index contributed by atoms with van der Waals surface area (Å²) < 4.78 is 53.6. The Morgan fingerprint density at radius 1 is 1.11 bits per heavy atom. The van der Waals surface area contributed by atoms with E-state index < -0.39 is 26.0 Å². The van der Waals surface area contributed by atoms with Gasteiger partial charge in [-0.15, -0.1) is 0 Å². The van der Waals surface area contributed by atoms with Crippen LogP contribution in [0.2, 0.25) is 0 Å². The van der Waals surface area contributed by atoms with E-state index in [0.717, 1.165) is 5.56 Å². The summed E-state index contributed by atoms with van der Waals surface area (Å²) in [5, 5.41) is 0. The zero-order valence-corrected chi connectivity index (χ0v) is 17.1. The van der Waals surface area contributed by atoms with E-state index >= 15 is 0 Å². The molecule has 28 heavy (non-hydrogen) atoms. The van der Waals surface area contributed by atoms with E-state index in [2.05, 4.69) is 0 Å². The third-order valence-electron chi connectivity index (χ3n) is 5.17. The predicted octanol–water partition coefficient (Wildman–Crippen LogP) is 2.20. The Labute approximate surface area is 164 Å². The number of para-hydroxylation sites is 1. The lowest BCUT2D eigenvalue weighted by Crippen LogP contribution is -2.36. The molecule has 1 amide bonds. The van der Waals surface area contributed by atoms with Gasteiger partial charge in [-0.3, -0.25) is 9.10 Å². The molecule has 0 saturated carbocycles. The van der Waals surface area contributed by atoms with Gasteiger partial charge in [-0.1, -0.05) is 24.3 Å². The quantitative estimate of drug-likeness (QED) is 0.759. The zero-order valence-electron chi connectivity index (χ0n) is 15.5. The number of carbonyl (C=O) groups is 1. The Bertz CT molecular complexity index is 1190. The van der Waals surface area contributed by atoms with Gasteiger partial charge in [0.05, 0.1) is 22.0 Å². The Kier molecular flexibility index (Phi) is 4.27. The number of rotatable bonds is 3. The molecule has 1 saturated heterocycles. The maximum Gasteiger partial charge on any atom is 0.264 e. The van der Waals surface area contributed by atoms with E-state index in [9.17, 15) is 21.6 Å². The van der Waals surface area contributed by atoms with Crippen LogP contribution in [0.1, 0.15) is 24.5 Å². The topological polar surface area (TPSA) is 91.8 Å². The minimum Gasteiger partial charge on any atom is -0.273 e. The van der Waals surface area contributed by atoms with E-state index in [1.54, 1.807) is 19.1 Å². The second kappa shape index (κ2) is 6.31. The van der Waals surface area contributed by atoms with Crippen molar-refractivity contribution in [2.24, 2.45) is 0 Å². The van der Waals surface area contributed by atoms with Crippen LogP contribution in [0.5, 0.6) is 0 Å². The Hall–Kier alpha value is -2.39. The van der Waals surface area contributed by atoms with E-state index in [1.807, 2.05) is 19.1 Å². The molecule has 0 radical (unpaired) electrons. The third-order valence-corrected chi connectivity index (χ3v) is 8.93. The van der Waals surface area contributed by atoms with Crippen LogP contribution < -0.4 is 8.61 Å². The van der Waals surface area contributed by atoms with Gasteiger partial charge in [0.2, 0.25) is 15.9 Å². The molecule has 148 valence electrons. The number of amides is 1. The molecule has 0 spiro atoms. The third kappa shape index (κ3) is 2.80. The number of anilines is 2. The highest BCUT2D eigenvalue weighted by atomic mass is 32.2. The lowest BCUT2D eigenvalue weighted by atomic mass is 10.1. The van der Waals surface area contributed by atoms with Crippen LogP contribution in [0.4, 0.5) is 11.4 Å². The Morgan fingerprint density at radius 2 is 1.82 bits per heavy atom. The molecule has 2 aromatic carbocycles. The van der Waals surface area contributed by atoms with Crippen molar-refractivity contribution in [3.63, 3.8) is 0 Å². The summed E-state index contributed by atoms with van der Waals surface area (Å²) in [6.07, 6.45) is 0.502. The molecule has 0 N–H and O–H groups in total. The molecule has 2 aliphatic rings. The molecule has 9 heteroatoms. The Morgan fingerprint density at radius 3 is 2.50 bits per heavy atom. The van der Waals surface area contributed by atoms with Gasteiger partial charge in [0, 0.05) is 12.5 Å². The first-order chi connectivity index (χ1) is 13.1. The summed E-state index contributed by atoms with van der Waals surface area (Å²) >= 11 is 0. The van der Waals surface area contributed by atoms with Crippen molar-refractivity contribution in [2.45, 2.75) is 37.6 Å². The summed E-state index contributed by atoms with van der Waals surface area (Å²) in [6, 6.07) is 11.4. The number of sulfonamides is 2. The smallest absolute Gasteiger partial charge is 0.264 e. The van der Waals surface area contributed by atoms with Crippen molar-refractivity contribution in [2.75, 3.05) is 14.4 Å². The monoisotopic (exact) mass is 420 g/mol. The summed E-state index contributed by atoms with van der Waals surface area (Å²) in [6.45, 7) is 3.49. The van der Waals surface area contributed by atoms with E-state index in [1.165, 1.54) is 22.5 Å². The molecule has 2 aliphatic heterocycles. The van der Waals surface area contributed by atoms with E-state index in [4.69, 9.17) is 0 Å². The van der Waals surface area contributed by atoms with E-state index in [-0.39, 0.29) is 28.8 Å². The molecule has 7 nitrogen and oxygen atoms in total. The lowest BCUT2D eigenvalue weighted by Gasteiger charge is -2.26. The number of nitrogens with zero attached hydrogens (tertiary/aromatic N) is 2. The van der Waals surface area contributed by atoms with Gasteiger partial charge in [-0.2, -0.15) is 0 Å². The highest BCUT2D eigenvalue weighted by Crippen LogP contribution is 2.38. The second-order valence-electron chi connectivity index (χ2n) is 7.16. The van der Waals surface area contributed by atoms with Gasteiger partial charge in [0.25, 0.3) is 10.0 Å². The first-order valence-corrected chi connectivity index (χ1v) is 12.0. The SMILES string of the molecule is Cc1ccc(N2C(=O)CCS2(=O)=O)cc1S(=O)(=O)N1c2ccccc2C[C@@H]1C. The summed E-state index contributed by atoms with van der Waals surface area (Å²) in [7, 11) is -7.71. The predicted molar refractivity (Wildman–Crippen MR) is 106 cm³/mol. The molecule has 0 unspecified atom stereocenters. The van der Waals surface area contributed by atoms with Gasteiger partial charge < -0.3 is 0 Å². The highest BCUT2D eigenvalue weighted by molar-refractivity contribution is 7.94. The van der Waals surface area contributed by atoms with Crippen LogP contribution in [0.25, 0.3) is 0 Å². The van der Waals surface area contributed by atoms with Crippen LogP contribution in [0.15, 0.2) is 47.4 Å². The molecule has 4 rings (SSSR count). The van der Waals surface area contributed by atoms with Crippen LogP contribution in [0, 0.1) is 6.92 Å². The molecule has 1 fully saturated rings. The molecular formula is C19H20N2O5S2. The van der Waals surface area contributed by atoms with Crippen LogP contribution >= 0.6 is 0 Å². The van der Waals surface area contributed by atoms with Crippen molar-refractivity contribution in [3.8, 4) is 0 Å². The number of hydrogen-bond donors (Lipinski definition) is 0. The number of fused-ring (bicyclic) bond motifs is 1. The van der Waals surface area contributed by atoms with Crippen molar-refractivity contribution >= 4 is 37.3 Å². The fraction of sp³-hybridized carbons (Fsp3) is 0.316. The zero-order chi connectivity index (χ0) is 20.3. The summed E-state index contributed by atoms with van der Waals surface area (Å²) in [5.41, 5.74) is 2.13. The first-order valence-electron chi connectivity index (χ1n) is 8.92. The maximum atomic E-state index is 13.5.